The smallest absolute Gasteiger partial charge is 0.0650 e. The minimum absolute atomic E-state index is 0.351. The van der Waals surface area contributed by atoms with Gasteiger partial charge in [-0.05, 0) is 19.4 Å². The van der Waals surface area contributed by atoms with E-state index in [9.17, 15) is 5.11 Å². The summed E-state index contributed by atoms with van der Waals surface area (Å²) in [5, 5.41) is 13.8. The standard InChI is InChI=1S/C10H18N2O2/c1-3-14-7-5-10(13)8-9-4-6-12(2)11-9/h4,6,10,13H,3,5,7-8H2,1-2H3. The Labute approximate surface area is 84.5 Å². The second-order valence-electron chi connectivity index (χ2n) is 3.32. The third-order valence-corrected chi connectivity index (χ3v) is 2.01. The molecule has 1 atom stereocenters. The van der Waals surface area contributed by atoms with E-state index in [1.165, 1.54) is 0 Å². The van der Waals surface area contributed by atoms with Gasteiger partial charge in [0.25, 0.3) is 0 Å². The Balaban J connectivity index is 2.23. The fraction of sp³-hybridized carbons (Fsp3) is 0.700. The lowest BCUT2D eigenvalue weighted by atomic mass is 10.1. The first-order valence-corrected chi connectivity index (χ1v) is 4.96. The predicted molar refractivity (Wildman–Crippen MR) is 54.0 cm³/mol. The van der Waals surface area contributed by atoms with Crippen LogP contribution < -0.4 is 0 Å². The van der Waals surface area contributed by atoms with E-state index in [4.69, 9.17) is 4.74 Å². The van der Waals surface area contributed by atoms with Crippen molar-refractivity contribution in [3.05, 3.63) is 18.0 Å². The zero-order valence-electron chi connectivity index (χ0n) is 8.81. The van der Waals surface area contributed by atoms with Gasteiger partial charge >= 0.3 is 0 Å². The average molecular weight is 198 g/mol. The third kappa shape index (κ3) is 3.89. The maximum absolute atomic E-state index is 9.61. The maximum atomic E-state index is 9.61. The van der Waals surface area contributed by atoms with Crippen molar-refractivity contribution in [1.29, 1.82) is 0 Å². The summed E-state index contributed by atoms with van der Waals surface area (Å²) in [7, 11) is 1.87. The molecule has 1 heterocycles. The van der Waals surface area contributed by atoms with Crippen LogP contribution in [-0.4, -0.2) is 34.2 Å². The van der Waals surface area contributed by atoms with E-state index >= 15 is 0 Å². The highest BCUT2D eigenvalue weighted by Crippen LogP contribution is 2.03. The minimum atomic E-state index is -0.351. The van der Waals surface area contributed by atoms with E-state index in [-0.39, 0.29) is 6.10 Å². The largest absolute Gasteiger partial charge is 0.393 e. The summed E-state index contributed by atoms with van der Waals surface area (Å²) in [5.74, 6) is 0. The van der Waals surface area contributed by atoms with E-state index in [2.05, 4.69) is 5.10 Å². The third-order valence-electron chi connectivity index (χ3n) is 2.01. The molecule has 1 N–H and O–H groups in total. The van der Waals surface area contributed by atoms with Crippen LogP contribution in [0.1, 0.15) is 19.0 Å². The maximum Gasteiger partial charge on any atom is 0.0650 e. The average Bonchev–Trinajstić information content (AvgIpc) is 2.52. The lowest BCUT2D eigenvalue weighted by Gasteiger charge is -2.08. The van der Waals surface area contributed by atoms with Crippen molar-refractivity contribution in [2.24, 2.45) is 7.05 Å². The van der Waals surface area contributed by atoms with Gasteiger partial charge in [-0.2, -0.15) is 5.10 Å². The molecular formula is C10H18N2O2. The summed E-state index contributed by atoms with van der Waals surface area (Å²) < 4.78 is 6.90. The second kappa shape index (κ2) is 5.78. The SMILES string of the molecule is CCOCCC(O)Cc1ccn(C)n1. The number of hydrogen-bond acceptors (Lipinski definition) is 3. The van der Waals surface area contributed by atoms with E-state index < -0.39 is 0 Å². The Morgan fingerprint density at radius 2 is 2.43 bits per heavy atom. The van der Waals surface area contributed by atoms with Crippen LogP contribution in [0.2, 0.25) is 0 Å². The topological polar surface area (TPSA) is 47.3 Å². The van der Waals surface area contributed by atoms with Crippen molar-refractivity contribution in [3.63, 3.8) is 0 Å². The molecule has 0 aliphatic carbocycles. The molecule has 1 unspecified atom stereocenters. The Kier molecular flexibility index (Phi) is 4.62. The molecular weight excluding hydrogens is 180 g/mol. The van der Waals surface area contributed by atoms with E-state index in [1.807, 2.05) is 26.2 Å². The predicted octanol–water partition coefficient (Wildman–Crippen LogP) is 0.750. The fourth-order valence-electron chi connectivity index (χ4n) is 1.28. The number of rotatable bonds is 6. The highest BCUT2D eigenvalue weighted by atomic mass is 16.5. The summed E-state index contributed by atoms with van der Waals surface area (Å²) in [6.45, 7) is 3.27. The monoisotopic (exact) mass is 198 g/mol. The molecule has 4 nitrogen and oxygen atoms in total. The van der Waals surface area contributed by atoms with Crippen LogP contribution in [0, 0.1) is 0 Å². The number of aromatic nitrogens is 2. The van der Waals surface area contributed by atoms with E-state index in [0.717, 1.165) is 5.69 Å². The van der Waals surface area contributed by atoms with Gasteiger partial charge in [0, 0.05) is 32.9 Å². The van der Waals surface area contributed by atoms with Gasteiger partial charge in [-0.3, -0.25) is 4.68 Å². The van der Waals surface area contributed by atoms with Crippen molar-refractivity contribution >= 4 is 0 Å². The molecule has 0 fully saturated rings. The number of aliphatic hydroxyl groups excluding tert-OH is 1. The van der Waals surface area contributed by atoms with Crippen LogP contribution in [0.5, 0.6) is 0 Å². The van der Waals surface area contributed by atoms with Crippen LogP contribution in [0.4, 0.5) is 0 Å². The lowest BCUT2D eigenvalue weighted by molar-refractivity contribution is 0.0882. The second-order valence-corrected chi connectivity index (χ2v) is 3.32. The molecule has 0 bridgehead atoms. The number of hydrogen-bond donors (Lipinski definition) is 1. The minimum Gasteiger partial charge on any atom is -0.393 e. The number of aliphatic hydroxyl groups is 1. The number of ether oxygens (including phenoxy) is 1. The molecule has 0 aliphatic rings. The Morgan fingerprint density at radius 1 is 1.64 bits per heavy atom. The number of nitrogens with zero attached hydrogens (tertiary/aromatic N) is 2. The molecule has 14 heavy (non-hydrogen) atoms. The molecule has 0 aromatic carbocycles. The van der Waals surface area contributed by atoms with Gasteiger partial charge in [-0.25, -0.2) is 0 Å². The molecule has 0 aliphatic heterocycles. The molecule has 0 amide bonds. The molecule has 0 spiro atoms. The molecule has 0 radical (unpaired) electrons. The van der Waals surface area contributed by atoms with E-state index in [0.29, 0.717) is 26.1 Å². The van der Waals surface area contributed by atoms with Crippen LogP contribution in [0.25, 0.3) is 0 Å². The normalized spacial score (nSPS) is 13.1. The summed E-state index contributed by atoms with van der Waals surface area (Å²) in [5.41, 5.74) is 0.927. The van der Waals surface area contributed by atoms with Gasteiger partial charge in [-0.1, -0.05) is 0 Å². The van der Waals surface area contributed by atoms with Crippen LogP contribution in [-0.2, 0) is 18.2 Å². The van der Waals surface area contributed by atoms with Crippen molar-refractivity contribution in [3.8, 4) is 0 Å². The molecule has 1 aromatic rings. The summed E-state index contributed by atoms with van der Waals surface area (Å²) >= 11 is 0. The highest BCUT2D eigenvalue weighted by molar-refractivity contribution is 4.99. The summed E-state index contributed by atoms with van der Waals surface area (Å²) in [6, 6.07) is 1.92. The number of aryl methyl sites for hydroxylation is 1. The first-order valence-electron chi connectivity index (χ1n) is 4.96. The lowest BCUT2D eigenvalue weighted by Crippen LogP contribution is -2.14. The van der Waals surface area contributed by atoms with Gasteiger partial charge < -0.3 is 9.84 Å². The zero-order valence-corrected chi connectivity index (χ0v) is 8.81. The molecule has 0 saturated carbocycles. The first-order chi connectivity index (χ1) is 6.72. The quantitative estimate of drug-likeness (QED) is 0.686. The van der Waals surface area contributed by atoms with Crippen LogP contribution in [0.15, 0.2) is 12.3 Å². The Bertz CT molecular complexity index is 260. The van der Waals surface area contributed by atoms with Gasteiger partial charge in [0.2, 0.25) is 0 Å². The van der Waals surface area contributed by atoms with Gasteiger partial charge in [0.15, 0.2) is 0 Å². The zero-order chi connectivity index (χ0) is 10.4. The van der Waals surface area contributed by atoms with Gasteiger partial charge in [0.05, 0.1) is 11.8 Å². The van der Waals surface area contributed by atoms with Gasteiger partial charge in [-0.15, -0.1) is 0 Å². The fourth-order valence-corrected chi connectivity index (χ4v) is 1.28. The van der Waals surface area contributed by atoms with Crippen molar-refractivity contribution in [2.45, 2.75) is 25.9 Å². The molecule has 80 valence electrons. The Hall–Kier alpha value is -0.870. The molecule has 1 aromatic heterocycles. The molecule has 1 rings (SSSR count). The Morgan fingerprint density at radius 3 is 3.00 bits per heavy atom. The van der Waals surface area contributed by atoms with Gasteiger partial charge in [0.1, 0.15) is 0 Å². The first kappa shape index (κ1) is 11.2. The molecule has 0 saturated heterocycles. The summed E-state index contributed by atoms with van der Waals surface area (Å²) in [4.78, 5) is 0. The highest BCUT2D eigenvalue weighted by Gasteiger charge is 2.07. The van der Waals surface area contributed by atoms with Crippen LogP contribution in [0.3, 0.4) is 0 Å². The van der Waals surface area contributed by atoms with E-state index in [1.54, 1.807) is 4.68 Å². The van der Waals surface area contributed by atoms with Crippen LogP contribution >= 0.6 is 0 Å². The van der Waals surface area contributed by atoms with Crippen molar-refractivity contribution in [1.82, 2.24) is 9.78 Å². The van der Waals surface area contributed by atoms with Crippen molar-refractivity contribution in [2.75, 3.05) is 13.2 Å². The van der Waals surface area contributed by atoms with Crippen molar-refractivity contribution < 1.29 is 9.84 Å². The molecule has 4 heteroatoms. The summed E-state index contributed by atoms with van der Waals surface area (Å²) in [6.07, 6.45) is 2.81.